The molecule has 0 spiro atoms. The van der Waals surface area contributed by atoms with Gasteiger partial charge >= 0.3 is 0 Å². The maximum Gasteiger partial charge on any atom is 0.137 e. The molecule has 0 fully saturated rings. The van der Waals surface area contributed by atoms with E-state index in [4.69, 9.17) is 10.5 Å². The summed E-state index contributed by atoms with van der Waals surface area (Å²) in [7, 11) is 0. The molecule has 1 unspecified atom stereocenters. The first kappa shape index (κ1) is 14.5. The largest absolute Gasteiger partial charge is 0.486 e. The van der Waals surface area contributed by atoms with Crippen molar-refractivity contribution in [3.63, 3.8) is 0 Å². The Bertz CT molecular complexity index is 516. The van der Waals surface area contributed by atoms with Gasteiger partial charge in [-0.2, -0.15) is 0 Å². The molecule has 2 aromatic rings. The van der Waals surface area contributed by atoms with Gasteiger partial charge in [0.05, 0.1) is 15.7 Å². The van der Waals surface area contributed by atoms with E-state index in [1.54, 1.807) is 11.3 Å². The van der Waals surface area contributed by atoms with Gasteiger partial charge in [-0.05, 0) is 40.4 Å². The van der Waals surface area contributed by atoms with Gasteiger partial charge in [-0.3, -0.25) is 0 Å². The second-order valence-corrected chi connectivity index (χ2v) is 5.94. The summed E-state index contributed by atoms with van der Waals surface area (Å²) >= 11 is 5.11. The minimum Gasteiger partial charge on any atom is -0.486 e. The van der Waals surface area contributed by atoms with Gasteiger partial charge in [0, 0.05) is 11.4 Å². The smallest absolute Gasteiger partial charge is 0.137 e. The lowest BCUT2D eigenvalue weighted by molar-refractivity contribution is 0.296. The molecule has 0 aliphatic heterocycles. The number of hydrogen-bond acceptors (Lipinski definition) is 4. The van der Waals surface area contributed by atoms with Crippen LogP contribution in [-0.2, 0) is 13.0 Å². The van der Waals surface area contributed by atoms with Crippen LogP contribution in [0, 0.1) is 0 Å². The average molecular weight is 341 g/mol. The van der Waals surface area contributed by atoms with E-state index in [-0.39, 0.29) is 6.04 Å². The van der Waals surface area contributed by atoms with Gasteiger partial charge in [0.15, 0.2) is 0 Å². The van der Waals surface area contributed by atoms with Gasteiger partial charge in [0.1, 0.15) is 12.4 Å². The number of rotatable bonds is 6. The van der Waals surface area contributed by atoms with Crippen molar-refractivity contribution in [2.45, 2.75) is 32.4 Å². The Morgan fingerprint density at radius 3 is 3.00 bits per heavy atom. The molecule has 0 saturated carbocycles. The van der Waals surface area contributed by atoms with Gasteiger partial charge in [-0.25, -0.2) is 4.98 Å². The topological polar surface area (TPSA) is 48.1 Å². The van der Waals surface area contributed by atoms with Gasteiger partial charge in [-0.1, -0.05) is 19.1 Å². The molecule has 19 heavy (non-hydrogen) atoms. The van der Waals surface area contributed by atoms with Crippen molar-refractivity contribution in [3.8, 4) is 5.75 Å². The molecule has 1 atom stereocenters. The molecule has 0 amide bonds. The Labute approximate surface area is 125 Å². The molecule has 102 valence electrons. The molecule has 0 bridgehead atoms. The summed E-state index contributed by atoms with van der Waals surface area (Å²) in [4.78, 5) is 4.22. The molecule has 0 saturated heterocycles. The van der Waals surface area contributed by atoms with Gasteiger partial charge in [0.2, 0.25) is 0 Å². The third-order valence-corrected chi connectivity index (χ3v) is 4.16. The number of halogens is 1. The van der Waals surface area contributed by atoms with E-state index in [9.17, 15) is 0 Å². The predicted molar refractivity (Wildman–Crippen MR) is 82.6 cm³/mol. The zero-order chi connectivity index (χ0) is 13.7. The summed E-state index contributed by atoms with van der Waals surface area (Å²) in [6.45, 7) is 2.58. The molecule has 5 heteroatoms. The highest BCUT2D eigenvalue weighted by Gasteiger charge is 2.11. The predicted octanol–water partition coefficient (Wildman–Crippen LogP) is 3.76. The second kappa shape index (κ2) is 7.03. The third kappa shape index (κ3) is 4.03. The average Bonchev–Trinajstić information content (AvgIpc) is 2.91. The Hall–Kier alpha value is -0.910. The van der Waals surface area contributed by atoms with Crippen molar-refractivity contribution in [1.29, 1.82) is 0 Å². The number of benzene rings is 1. The van der Waals surface area contributed by atoms with Gasteiger partial charge in [-0.15, -0.1) is 11.3 Å². The van der Waals surface area contributed by atoms with E-state index in [1.165, 1.54) is 0 Å². The molecule has 0 aliphatic carbocycles. The lowest BCUT2D eigenvalue weighted by atomic mass is 10.0. The summed E-state index contributed by atoms with van der Waals surface area (Å²) in [5.74, 6) is 0.874. The Kier molecular flexibility index (Phi) is 5.36. The van der Waals surface area contributed by atoms with Crippen LogP contribution in [0.4, 0.5) is 0 Å². The van der Waals surface area contributed by atoms with Crippen LogP contribution in [0.5, 0.6) is 5.75 Å². The minimum absolute atomic E-state index is 0.163. The molecule has 1 aromatic heterocycles. The third-order valence-electron chi connectivity index (χ3n) is 2.90. The van der Waals surface area contributed by atoms with Crippen molar-refractivity contribution >= 4 is 27.3 Å². The van der Waals surface area contributed by atoms with Gasteiger partial charge in [0.25, 0.3) is 0 Å². The Morgan fingerprint density at radius 1 is 1.47 bits per heavy atom. The molecule has 0 aliphatic rings. The fourth-order valence-electron chi connectivity index (χ4n) is 1.76. The number of para-hydroxylation sites is 1. The van der Waals surface area contributed by atoms with Crippen molar-refractivity contribution in [2.75, 3.05) is 0 Å². The maximum atomic E-state index is 6.03. The number of aromatic nitrogens is 1. The summed E-state index contributed by atoms with van der Waals surface area (Å²) in [5, 5.41) is 1.99. The maximum absolute atomic E-state index is 6.03. The minimum atomic E-state index is 0.163. The van der Waals surface area contributed by atoms with Crippen LogP contribution in [-0.4, -0.2) is 11.0 Å². The van der Waals surface area contributed by atoms with Crippen molar-refractivity contribution < 1.29 is 4.74 Å². The summed E-state index contributed by atoms with van der Waals surface area (Å²) in [6.07, 6.45) is 1.78. The lowest BCUT2D eigenvalue weighted by Gasteiger charge is -2.15. The van der Waals surface area contributed by atoms with Crippen LogP contribution in [0.25, 0.3) is 0 Å². The molecule has 1 aromatic carbocycles. The standard InChI is InChI=1S/C14H17BrN2OS/c1-2-11(16)6-10-4-3-5-13(15)14(10)18-7-12-8-19-9-17-12/h3-5,8-9,11H,2,6-7,16H2,1H3. The molecule has 2 N–H and O–H groups in total. The van der Waals surface area contributed by atoms with E-state index < -0.39 is 0 Å². The van der Waals surface area contributed by atoms with Crippen LogP contribution in [0.2, 0.25) is 0 Å². The first-order valence-electron chi connectivity index (χ1n) is 6.23. The van der Waals surface area contributed by atoms with E-state index >= 15 is 0 Å². The SMILES string of the molecule is CCC(N)Cc1cccc(Br)c1OCc1cscn1. The quantitative estimate of drug-likeness (QED) is 0.870. The number of nitrogens with zero attached hydrogens (tertiary/aromatic N) is 1. The molecule has 1 heterocycles. The van der Waals surface area contributed by atoms with E-state index in [2.05, 4.69) is 33.9 Å². The summed E-state index contributed by atoms with van der Waals surface area (Å²) in [5.41, 5.74) is 9.93. The molecule has 2 rings (SSSR count). The normalized spacial score (nSPS) is 12.4. The number of ether oxygens (including phenoxy) is 1. The molecule has 3 nitrogen and oxygen atoms in total. The number of thiazole rings is 1. The van der Waals surface area contributed by atoms with Gasteiger partial charge < -0.3 is 10.5 Å². The number of nitrogens with two attached hydrogens (primary N) is 1. The summed E-state index contributed by atoms with van der Waals surface area (Å²) < 4.78 is 6.86. The first-order valence-corrected chi connectivity index (χ1v) is 7.97. The highest BCUT2D eigenvalue weighted by atomic mass is 79.9. The Morgan fingerprint density at radius 2 is 2.32 bits per heavy atom. The molecular formula is C14H17BrN2OS. The van der Waals surface area contributed by atoms with Crippen LogP contribution < -0.4 is 10.5 Å². The van der Waals surface area contributed by atoms with E-state index in [0.717, 1.165) is 34.3 Å². The van der Waals surface area contributed by atoms with Crippen molar-refractivity contribution in [3.05, 3.63) is 44.8 Å². The zero-order valence-electron chi connectivity index (χ0n) is 10.8. The highest BCUT2D eigenvalue weighted by molar-refractivity contribution is 9.10. The van der Waals surface area contributed by atoms with Crippen LogP contribution in [0.15, 0.2) is 33.6 Å². The van der Waals surface area contributed by atoms with E-state index in [0.29, 0.717) is 6.61 Å². The fraction of sp³-hybridized carbons (Fsp3) is 0.357. The Balaban J connectivity index is 2.13. The van der Waals surface area contributed by atoms with Crippen LogP contribution >= 0.6 is 27.3 Å². The molecular weight excluding hydrogens is 324 g/mol. The van der Waals surface area contributed by atoms with Crippen molar-refractivity contribution in [1.82, 2.24) is 4.98 Å². The number of hydrogen-bond donors (Lipinski definition) is 1. The summed E-state index contributed by atoms with van der Waals surface area (Å²) in [6, 6.07) is 6.22. The monoisotopic (exact) mass is 340 g/mol. The fourth-order valence-corrected chi connectivity index (χ4v) is 2.82. The van der Waals surface area contributed by atoms with Crippen LogP contribution in [0.3, 0.4) is 0 Å². The first-order chi connectivity index (χ1) is 9.20. The van der Waals surface area contributed by atoms with Crippen molar-refractivity contribution in [2.24, 2.45) is 5.73 Å². The zero-order valence-corrected chi connectivity index (χ0v) is 13.2. The lowest BCUT2D eigenvalue weighted by Crippen LogP contribution is -2.21. The highest BCUT2D eigenvalue weighted by Crippen LogP contribution is 2.30. The molecule has 0 radical (unpaired) electrons. The van der Waals surface area contributed by atoms with E-state index in [1.807, 2.05) is 23.0 Å². The second-order valence-electron chi connectivity index (χ2n) is 4.37. The van der Waals surface area contributed by atoms with Crippen LogP contribution in [0.1, 0.15) is 24.6 Å².